The van der Waals surface area contributed by atoms with E-state index in [1.54, 1.807) is 11.3 Å². The van der Waals surface area contributed by atoms with E-state index >= 15 is 0 Å². The second-order valence-electron chi connectivity index (χ2n) is 15.5. The summed E-state index contributed by atoms with van der Waals surface area (Å²) in [5.41, 5.74) is 8.28. The molecule has 0 bridgehead atoms. The summed E-state index contributed by atoms with van der Waals surface area (Å²) in [6.45, 7) is 19.6. The molecule has 0 amide bonds. The van der Waals surface area contributed by atoms with E-state index in [-0.39, 0.29) is 0 Å². The summed E-state index contributed by atoms with van der Waals surface area (Å²) in [5, 5.41) is 1.52. The lowest BCUT2D eigenvalue weighted by molar-refractivity contribution is -0.125. The fourth-order valence-electron chi connectivity index (χ4n) is 12.1. The zero-order valence-corrected chi connectivity index (χ0v) is 24.6. The minimum atomic E-state index is 0.525. The van der Waals surface area contributed by atoms with Gasteiger partial charge in [-0.2, -0.15) is 0 Å². The number of nitrogens with one attached hydrogen (secondary N) is 1. The van der Waals surface area contributed by atoms with E-state index in [0.717, 1.165) is 23.7 Å². The van der Waals surface area contributed by atoms with Crippen LogP contribution in [0.2, 0.25) is 0 Å². The molecule has 1 unspecified atom stereocenters. The van der Waals surface area contributed by atoms with Crippen LogP contribution in [-0.4, -0.2) is 4.98 Å². The zero-order valence-electron chi connectivity index (χ0n) is 24.6. The second-order valence-corrected chi connectivity index (χ2v) is 15.5. The Balaban J connectivity index is 1.19. The Morgan fingerprint density at radius 1 is 1.00 bits per heavy atom. The number of allylic oxidation sites excluding steroid dienone is 1. The highest BCUT2D eigenvalue weighted by atomic mass is 14.9. The fourth-order valence-corrected chi connectivity index (χ4v) is 12.1. The number of para-hydroxylation sites is 1. The van der Waals surface area contributed by atoms with E-state index in [1.807, 2.05) is 0 Å². The van der Waals surface area contributed by atoms with Gasteiger partial charge >= 0.3 is 0 Å². The number of H-pyrrole nitrogens is 1. The van der Waals surface area contributed by atoms with Crippen molar-refractivity contribution in [2.45, 2.75) is 112 Å². The molecule has 2 aromatic rings. The molecule has 37 heavy (non-hydrogen) atoms. The van der Waals surface area contributed by atoms with E-state index in [4.69, 9.17) is 0 Å². The van der Waals surface area contributed by atoms with Gasteiger partial charge in [0.1, 0.15) is 0 Å². The first kappa shape index (κ1) is 24.5. The van der Waals surface area contributed by atoms with Crippen LogP contribution in [-0.2, 0) is 6.42 Å². The summed E-state index contributed by atoms with van der Waals surface area (Å²) < 4.78 is 0. The maximum Gasteiger partial charge on any atom is 0.0459 e. The van der Waals surface area contributed by atoms with Gasteiger partial charge in [-0.25, -0.2) is 0 Å². The van der Waals surface area contributed by atoms with Crippen LogP contribution in [0.25, 0.3) is 10.9 Å². The van der Waals surface area contributed by atoms with Gasteiger partial charge in [-0.3, -0.25) is 0 Å². The van der Waals surface area contributed by atoms with Crippen LogP contribution in [0.5, 0.6) is 0 Å². The summed E-state index contributed by atoms with van der Waals surface area (Å²) in [6.07, 6.45) is 14.5. The van der Waals surface area contributed by atoms with Gasteiger partial charge in [0, 0.05) is 16.6 Å². The molecule has 1 heterocycles. The topological polar surface area (TPSA) is 15.8 Å². The predicted octanol–water partition coefficient (Wildman–Crippen LogP) is 10.1. The van der Waals surface area contributed by atoms with Crippen LogP contribution in [0.4, 0.5) is 0 Å². The average molecular weight is 498 g/mol. The van der Waals surface area contributed by atoms with Crippen LogP contribution < -0.4 is 0 Å². The molecule has 4 fully saturated rings. The first-order valence-electron chi connectivity index (χ1n) is 15.8. The molecule has 1 aromatic carbocycles. The van der Waals surface area contributed by atoms with Gasteiger partial charge in [0.25, 0.3) is 0 Å². The van der Waals surface area contributed by atoms with Crippen LogP contribution in [0.1, 0.15) is 117 Å². The minimum absolute atomic E-state index is 0.525. The van der Waals surface area contributed by atoms with Crippen molar-refractivity contribution in [2.24, 2.45) is 51.2 Å². The van der Waals surface area contributed by atoms with E-state index in [9.17, 15) is 0 Å². The molecule has 200 valence electrons. The third kappa shape index (κ3) is 2.93. The largest absolute Gasteiger partial charge is 0.358 e. The molecular formula is C36H51N. The number of hydrogen-bond donors (Lipinski definition) is 1. The number of aromatic nitrogens is 1. The molecule has 0 radical (unpaired) electrons. The Bertz CT molecular complexity index is 1250. The van der Waals surface area contributed by atoms with E-state index in [1.165, 1.54) is 80.7 Å². The summed E-state index contributed by atoms with van der Waals surface area (Å²) in [6, 6.07) is 9.15. The molecule has 1 aromatic heterocycles. The smallest absolute Gasteiger partial charge is 0.0459 e. The molecule has 5 aliphatic rings. The number of aromatic amines is 1. The average Bonchev–Trinajstić information content (AvgIpc) is 3.25. The van der Waals surface area contributed by atoms with Crippen molar-refractivity contribution in [1.29, 1.82) is 0 Å². The lowest BCUT2D eigenvalue weighted by atomic mass is 9.43. The van der Waals surface area contributed by atoms with Crippen LogP contribution >= 0.6 is 0 Å². The van der Waals surface area contributed by atoms with Gasteiger partial charge in [-0.05, 0) is 140 Å². The predicted molar refractivity (Wildman–Crippen MR) is 157 cm³/mol. The SMILES string of the molecule is C=C(C)[C@@H](C)CC[C@@H](C)C1CC[C@@]2(C)[C@@H]3CC[C@H]4[C@H](C)c5[nH]c6ccccc6c5C[C@@]45C[C@@]35CC[C@]12C. The van der Waals surface area contributed by atoms with Crippen molar-refractivity contribution in [3.05, 3.63) is 47.7 Å². The van der Waals surface area contributed by atoms with Crippen LogP contribution in [0.3, 0.4) is 0 Å². The molecule has 1 heteroatoms. The molecule has 0 aliphatic heterocycles. The lowest BCUT2D eigenvalue weighted by Gasteiger charge is -2.62. The normalized spacial score (nSPS) is 45.2. The van der Waals surface area contributed by atoms with E-state index in [0.29, 0.717) is 33.5 Å². The van der Waals surface area contributed by atoms with Gasteiger partial charge in [-0.1, -0.05) is 65.0 Å². The van der Waals surface area contributed by atoms with Crippen molar-refractivity contribution < 1.29 is 0 Å². The highest BCUT2D eigenvalue weighted by molar-refractivity contribution is 5.85. The van der Waals surface area contributed by atoms with Gasteiger partial charge in [0.15, 0.2) is 0 Å². The van der Waals surface area contributed by atoms with Gasteiger partial charge in [0.05, 0.1) is 0 Å². The highest BCUT2D eigenvalue weighted by Crippen LogP contribution is 2.88. The molecule has 10 atom stereocenters. The van der Waals surface area contributed by atoms with Gasteiger partial charge in [0.2, 0.25) is 0 Å². The Hall–Kier alpha value is -1.50. The number of hydrogen-bond acceptors (Lipinski definition) is 0. The summed E-state index contributed by atoms with van der Waals surface area (Å²) >= 11 is 0. The summed E-state index contributed by atoms with van der Waals surface area (Å²) in [5.74, 6) is 4.93. The summed E-state index contributed by atoms with van der Waals surface area (Å²) in [7, 11) is 0. The van der Waals surface area contributed by atoms with Crippen molar-refractivity contribution >= 4 is 10.9 Å². The molecule has 0 saturated heterocycles. The maximum absolute atomic E-state index is 4.24. The van der Waals surface area contributed by atoms with Crippen molar-refractivity contribution in [1.82, 2.24) is 4.98 Å². The number of rotatable bonds is 5. The number of fused-ring (bicyclic) bond motifs is 5. The first-order chi connectivity index (χ1) is 17.6. The molecule has 1 nitrogen and oxygen atoms in total. The van der Waals surface area contributed by atoms with Gasteiger partial charge < -0.3 is 4.98 Å². The highest BCUT2D eigenvalue weighted by Gasteiger charge is 2.81. The number of benzene rings is 1. The van der Waals surface area contributed by atoms with Crippen molar-refractivity contribution in [3.63, 3.8) is 0 Å². The molecule has 7 rings (SSSR count). The Kier molecular flexibility index (Phi) is 5.17. The Morgan fingerprint density at radius 2 is 1.78 bits per heavy atom. The quantitative estimate of drug-likeness (QED) is 0.395. The lowest BCUT2D eigenvalue weighted by Crippen LogP contribution is -2.55. The zero-order chi connectivity index (χ0) is 26.0. The van der Waals surface area contributed by atoms with Crippen LogP contribution in [0, 0.1) is 51.2 Å². The third-order valence-electron chi connectivity index (χ3n) is 14.6. The molecule has 1 N–H and O–H groups in total. The van der Waals surface area contributed by atoms with Crippen molar-refractivity contribution in [2.75, 3.05) is 0 Å². The fraction of sp³-hybridized carbons (Fsp3) is 0.722. The third-order valence-corrected chi connectivity index (χ3v) is 14.6. The van der Waals surface area contributed by atoms with Gasteiger partial charge in [-0.15, -0.1) is 0 Å². The van der Waals surface area contributed by atoms with E-state index in [2.05, 4.69) is 77.4 Å². The Labute approximate surface area is 226 Å². The second kappa shape index (κ2) is 7.79. The summed E-state index contributed by atoms with van der Waals surface area (Å²) in [4.78, 5) is 3.89. The molecule has 4 saturated carbocycles. The van der Waals surface area contributed by atoms with E-state index < -0.39 is 0 Å². The first-order valence-corrected chi connectivity index (χ1v) is 15.8. The Morgan fingerprint density at radius 3 is 2.57 bits per heavy atom. The molecule has 2 spiro atoms. The molecule has 5 aliphatic carbocycles. The molecular weight excluding hydrogens is 446 g/mol. The van der Waals surface area contributed by atoms with Crippen molar-refractivity contribution in [3.8, 4) is 0 Å². The van der Waals surface area contributed by atoms with Crippen LogP contribution in [0.15, 0.2) is 36.4 Å². The standard InChI is InChI=1S/C36H51N/c1-22(2)23(3)12-13-24(4)28-16-17-34(7)31-15-14-29-25(5)32-27(26-10-8-9-11-30(26)37-32)20-36(29)21-35(31,36)19-18-33(28,34)6/h8-11,23-25,28-29,31,37H,1,12-21H2,2-7H3/t23-,24+,25-,28?,29-,31-,33+,34-,35-,36+/m0/s1. The minimum Gasteiger partial charge on any atom is -0.358 e. The monoisotopic (exact) mass is 497 g/mol. The maximum atomic E-state index is 4.24.